The molecule has 0 aliphatic carbocycles. The average molecular weight is 399 g/mol. The number of para-hydroxylation sites is 2. The fourth-order valence-corrected chi connectivity index (χ4v) is 3.22. The Labute approximate surface area is 157 Å². The summed E-state index contributed by atoms with van der Waals surface area (Å²) in [6, 6.07) is 14.5. The molecule has 0 bridgehead atoms. The molecule has 0 N–H and O–H groups in total. The van der Waals surface area contributed by atoms with Gasteiger partial charge in [0.1, 0.15) is 18.2 Å². The number of nitrogens with zero attached hydrogens (tertiary/aromatic N) is 2. The highest BCUT2D eigenvalue weighted by atomic mass is 79.9. The lowest BCUT2D eigenvalue weighted by atomic mass is 10.0. The number of halogens is 1. The van der Waals surface area contributed by atoms with Gasteiger partial charge in [0, 0.05) is 4.48 Å². The van der Waals surface area contributed by atoms with E-state index >= 15 is 0 Å². The van der Waals surface area contributed by atoms with Crippen molar-refractivity contribution in [3.8, 4) is 5.75 Å². The molecular formula is C21H23BrN2O. The van der Waals surface area contributed by atoms with Gasteiger partial charge in [-0.2, -0.15) is 0 Å². The van der Waals surface area contributed by atoms with Gasteiger partial charge in [-0.25, -0.2) is 4.98 Å². The molecular weight excluding hydrogens is 376 g/mol. The van der Waals surface area contributed by atoms with Crippen molar-refractivity contribution >= 4 is 27.0 Å². The number of hydrogen-bond acceptors (Lipinski definition) is 2. The number of benzene rings is 2. The second-order valence-corrected chi connectivity index (χ2v) is 7.73. The summed E-state index contributed by atoms with van der Waals surface area (Å²) >= 11 is 3.47. The molecule has 4 heteroatoms. The molecule has 2 aromatic carbocycles. The first kappa shape index (κ1) is 17.7. The zero-order valence-electron chi connectivity index (χ0n) is 14.9. The summed E-state index contributed by atoms with van der Waals surface area (Å²) in [5, 5.41) is 0. The highest BCUT2D eigenvalue weighted by molar-refractivity contribution is 9.11. The average Bonchev–Trinajstić information content (AvgIpc) is 2.90. The zero-order chi connectivity index (χ0) is 18.0. The minimum atomic E-state index is 0.414. The normalized spacial score (nSPS) is 11.2. The van der Waals surface area contributed by atoms with Crippen LogP contribution in [-0.4, -0.2) is 9.55 Å². The molecule has 0 unspecified atom stereocenters. The van der Waals surface area contributed by atoms with Crippen LogP contribution in [0.3, 0.4) is 0 Å². The number of ether oxygens (including phenoxy) is 1. The van der Waals surface area contributed by atoms with E-state index in [0.717, 1.165) is 27.1 Å². The Morgan fingerprint density at radius 3 is 2.72 bits per heavy atom. The van der Waals surface area contributed by atoms with E-state index < -0.39 is 0 Å². The zero-order valence-corrected chi connectivity index (χ0v) is 16.5. The third kappa shape index (κ3) is 3.96. The minimum Gasteiger partial charge on any atom is -0.485 e. The molecule has 0 fully saturated rings. The van der Waals surface area contributed by atoms with Gasteiger partial charge < -0.3 is 9.30 Å². The Balaban J connectivity index is 1.94. The topological polar surface area (TPSA) is 27.1 Å². The smallest absolute Gasteiger partial charge is 0.148 e. The van der Waals surface area contributed by atoms with E-state index in [-0.39, 0.29) is 0 Å². The maximum absolute atomic E-state index is 6.19. The Morgan fingerprint density at radius 2 is 2.00 bits per heavy atom. The summed E-state index contributed by atoms with van der Waals surface area (Å²) in [7, 11) is 0. The Kier molecular flexibility index (Phi) is 5.28. The summed E-state index contributed by atoms with van der Waals surface area (Å²) in [5.41, 5.74) is 4.48. The van der Waals surface area contributed by atoms with Gasteiger partial charge in [0.2, 0.25) is 0 Å². The second kappa shape index (κ2) is 7.44. The number of aromatic nitrogens is 2. The van der Waals surface area contributed by atoms with Crippen LogP contribution in [0, 0.1) is 6.92 Å². The van der Waals surface area contributed by atoms with Crippen LogP contribution < -0.4 is 4.74 Å². The van der Waals surface area contributed by atoms with Gasteiger partial charge in [-0.05, 0) is 42.2 Å². The van der Waals surface area contributed by atoms with Gasteiger partial charge in [0.25, 0.3) is 0 Å². The van der Waals surface area contributed by atoms with Crippen molar-refractivity contribution < 1.29 is 4.74 Å². The van der Waals surface area contributed by atoms with Gasteiger partial charge >= 0.3 is 0 Å². The van der Waals surface area contributed by atoms with Crippen molar-refractivity contribution in [2.75, 3.05) is 0 Å². The fourth-order valence-electron chi connectivity index (χ4n) is 2.97. The van der Waals surface area contributed by atoms with Crippen LogP contribution >= 0.6 is 15.9 Å². The van der Waals surface area contributed by atoms with Gasteiger partial charge in [0.15, 0.2) is 0 Å². The molecule has 0 amide bonds. The molecule has 0 saturated heterocycles. The third-order valence-electron chi connectivity index (χ3n) is 4.21. The van der Waals surface area contributed by atoms with E-state index in [9.17, 15) is 0 Å². The van der Waals surface area contributed by atoms with Crippen LogP contribution in [0.5, 0.6) is 5.75 Å². The molecule has 25 heavy (non-hydrogen) atoms. The first-order valence-electron chi connectivity index (χ1n) is 8.46. The van der Waals surface area contributed by atoms with Crippen molar-refractivity contribution in [3.63, 3.8) is 0 Å². The summed E-state index contributed by atoms with van der Waals surface area (Å²) in [5.74, 6) is 2.25. The lowest BCUT2D eigenvalue weighted by Crippen LogP contribution is -2.08. The number of rotatable bonds is 6. The van der Waals surface area contributed by atoms with Crippen LogP contribution in [0.1, 0.15) is 36.7 Å². The molecule has 0 atom stereocenters. The lowest BCUT2D eigenvalue weighted by Gasteiger charge is -2.15. The van der Waals surface area contributed by atoms with Gasteiger partial charge in [-0.15, -0.1) is 0 Å². The summed E-state index contributed by atoms with van der Waals surface area (Å²) in [6.07, 6.45) is 0. The minimum absolute atomic E-state index is 0.414. The summed E-state index contributed by atoms with van der Waals surface area (Å²) in [4.78, 5) is 4.75. The van der Waals surface area contributed by atoms with Crippen LogP contribution in [-0.2, 0) is 13.2 Å². The van der Waals surface area contributed by atoms with Crippen LogP contribution in [0.15, 0.2) is 53.5 Å². The maximum atomic E-state index is 6.19. The Bertz CT molecular complexity index is 911. The molecule has 3 rings (SSSR count). The second-order valence-electron chi connectivity index (χ2n) is 6.60. The number of aryl methyl sites for hydroxylation is 1. The molecule has 1 heterocycles. The van der Waals surface area contributed by atoms with E-state index in [1.165, 1.54) is 11.1 Å². The standard InChI is InChI=1S/C21H23BrN2O/c1-14(2)17-10-9-15(3)11-20(17)25-13-21-23-18-7-5-6-8-19(18)24(21)12-16(4)22/h5-11,14H,4,12-13H2,1-3H3. The number of hydrogen-bond donors (Lipinski definition) is 0. The number of allylic oxidation sites excluding steroid dienone is 1. The molecule has 0 aliphatic rings. The summed E-state index contributed by atoms with van der Waals surface area (Å²) in [6.45, 7) is 11.5. The first-order valence-corrected chi connectivity index (χ1v) is 9.25. The van der Waals surface area contributed by atoms with Gasteiger partial charge in [-0.3, -0.25) is 0 Å². The predicted molar refractivity (Wildman–Crippen MR) is 107 cm³/mol. The molecule has 3 aromatic rings. The highest BCUT2D eigenvalue weighted by Crippen LogP contribution is 2.28. The Morgan fingerprint density at radius 1 is 1.24 bits per heavy atom. The largest absolute Gasteiger partial charge is 0.485 e. The molecule has 0 radical (unpaired) electrons. The molecule has 0 aliphatic heterocycles. The number of fused-ring (bicyclic) bond motifs is 1. The van der Waals surface area contributed by atoms with E-state index in [4.69, 9.17) is 9.72 Å². The molecule has 130 valence electrons. The quantitative estimate of drug-likeness (QED) is 0.512. The number of imidazole rings is 1. The molecule has 0 spiro atoms. The monoisotopic (exact) mass is 398 g/mol. The van der Waals surface area contributed by atoms with Crippen molar-refractivity contribution in [2.24, 2.45) is 0 Å². The predicted octanol–water partition coefficient (Wildman–Crippen LogP) is 5.96. The molecule has 1 aromatic heterocycles. The van der Waals surface area contributed by atoms with Crippen molar-refractivity contribution in [2.45, 2.75) is 39.8 Å². The van der Waals surface area contributed by atoms with E-state index in [0.29, 0.717) is 19.1 Å². The van der Waals surface area contributed by atoms with Gasteiger partial charge in [0.05, 0.1) is 17.6 Å². The maximum Gasteiger partial charge on any atom is 0.148 e. The van der Waals surface area contributed by atoms with E-state index in [1.807, 2.05) is 18.2 Å². The van der Waals surface area contributed by atoms with Crippen molar-refractivity contribution in [3.05, 3.63) is 70.5 Å². The van der Waals surface area contributed by atoms with Crippen LogP contribution in [0.25, 0.3) is 11.0 Å². The highest BCUT2D eigenvalue weighted by Gasteiger charge is 2.13. The fraction of sp³-hybridized carbons (Fsp3) is 0.286. The lowest BCUT2D eigenvalue weighted by molar-refractivity contribution is 0.287. The SMILES string of the molecule is C=C(Br)Cn1c(COc2cc(C)ccc2C(C)C)nc2ccccc21. The molecule has 0 saturated carbocycles. The van der Waals surface area contributed by atoms with E-state index in [2.05, 4.69) is 72.1 Å². The van der Waals surface area contributed by atoms with Crippen LogP contribution in [0.4, 0.5) is 0 Å². The molecule has 3 nitrogen and oxygen atoms in total. The Hall–Kier alpha value is -2.07. The summed E-state index contributed by atoms with van der Waals surface area (Å²) < 4.78 is 9.25. The van der Waals surface area contributed by atoms with Crippen molar-refractivity contribution in [1.82, 2.24) is 9.55 Å². The van der Waals surface area contributed by atoms with E-state index in [1.54, 1.807) is 0 Å². The van der Waals surface area contributed by atoms with Crippen molar-refractivity contribution in [1.29, 1.82) is 0 Å². The third-order valence-corrected chi connectivity index (χ3v) is 4.46. The first-order chi connectivity index (χ1) is 12.0. The van der Waals surface area contributed by atoms with Crippen LogP contribution in [0.2, 0.25) is 0 Å². The van der Waals surface area contributed by atoms with Gasteiger partial charge in [-0.1, -0.05) is 60.6 Å².